The number of nitrogens with zero attached hydrogens (tertiary/aromatic N) is 3. The predicted molar refractivity (Wildman–Crippen MR) is 97.6 cm³/mol. The fourth-order valence-electron chi connectivity index (χ4n) is 4.22. The number of benzene rings is 1. The van der Waals surface area contributed by atoms with Gasteiger partial charge in [0.15, 0.2) is 0 Å². The summed E-state index contributed by atoms with van der Waals surface area (Å²) in [6, 6.07) is 3.70. The highest BCUT2D eigenvalue weighted by atomic mass is 19.1. The van der Waals surface area contributed by atoms with Gasteiger partial charge in [0.25, 0.3) is 0 Å². The Morgan fingerprint density at radius 2 is 1.88 bits per heavy atom. The summed E-state index contributed by atoms with van der Waals surface area (Å²) in [5.74, 6) is -0.896. The van der Waals surface area contributed by atoms with Crippen LogP contribution in [0.3, 0.4) is 0 Å². The molecule has 2 fully saturated rings. The average Bonchev–Trinajstić information content (AvgIpc) is 2.72. The third-order valence-electron chi connectivity index (χ3n) is 5.76. The Bertz CT molecular complexity index is 661. The summed E-state index contributed by atoms with van der Waals surface area (Å²) in [5, 5.41) is 0. The van der Waals surface area contributed by atoms with E-state index in [1.807, 2.05) is 4.90 Å². The van der Waals surface area contributed by atoms with Crippen LogP contribution < -0.4 is 0 Å². The van der Waals surface area contributed by atoms with Gasteiger partial charge in [-0.15, -0.1) is 6.58 Å². The number of halogens is 2. The number of amides is 1. The molecule has 1 spiro atoms. The maximum Gasteiger partial charge on any atom is 0.222 e. The molecule has 0 radical (unpaired) electrons. The topological polar surface area (TPSA) is 26.8 Å². The van der Waals surface area contributed by atoms with E-state index in [-0.39, 0.29) is 11.4 Å². The number of hydrogen-bond donors (Lipinski definition) is 0. The van der Waals surface area contributed by atoms with Crippen molar-refractivity contribution in [2.75, 3.05) is 39.8 Å². The van der Waals surface area contributed by atoms with Gasteiger partial charge in [0.05, 0.1) is 0 Å². The standard InChI is InChI=1S/C20H27F2N3O/c1-3-7-25-8-6-20(5-4-19(25)26)15-24(10-9-23(20)2)14-16-11-17(21)13-18(22)12-16/h3,11-13H,1,4-10,14-15H2,2H3/t20-/m0/s1. The molecule has 1 aromatic carbocycles. The van der Waals surface area contributed by atoms with Crippen molar-refractivity contribution in [3.05, 3.63) is 48.1 Å². The van der Waals surface area contributed by atoms with Crippen LogP contribution in [0.4, 0.5) is 8.78 Å². The summed E-state index contributed by atoms with van der Waals surface area (Å²) >= 11 is 0. The molecule has 0 bridgehead atoms. The van der Waals surface area contributed by atoms with Crippen molar-refractivity contribution in [2.24, 2.45) is 0 Å². The highest BCUT2D eigenvalue weighted by molar-refractivity contribution is 5.76. The van der Waals surface area contributed by atoms with E-state index in [0.29, 0.717) is 25.1 Å². The molecular weight excluding hydrogens is 336 g/mol. The second-order valence-electron chi connectivity index (χ2n) is 7.51. The number of rotatable bonds is 4. The molecule has 1 aromatic rings. The van der Waals surface area contributed by atoms with Crippen LogP contribution in [0, 0.1) is 11.6 Å². The number of carbonyl (C=O) groups is 1. The summed E-state index contributed by atoms with van der Waals surface area (Å²) in [4.78, 5) is 18.8. The van der Waals surface area contributed by atoms with E-state index < -0.39 is 11.6 Å². The normalized spacial score (nSPS) is 25.5. The molecule has 0 unspecified atom stereocenters. The van der Waals surface area contributed by atoms with Gasteiger partial charge in [-0.25, -0.2) is 8.78 Å². The summed E-state index contributed by atoms with van der Waals surface area (Å²) in [5.41, 5.74) is 0.579. The molecule has 1 atom stereocenters. The Labute approximate surface area is 154 Å². The minimum atomic E-state index is -0.538. The number of carbonyl (C=O) groups excluding carboxylic acids is 1. The Balaban J connectivity index is 1.73. The Hall–Kier alpha value is -1.79. The number of piperazine rings is 1. The molecule has 2 aliphatic heterocycles. The first-order valence-electron chi connectivity index (χ1n) is 9.19. The van der Waals surface area contributed by atoms with Crippen LogP contribution in [0.15, 0.2) is 30.9 Å². The molecule has 3 rings (SSSR count). The fraction of sp³-hybridized carbons (Fsp3) is 0.550. The monoisotopic (exact) mass is 363 g/mol. The zero-order chi connectivity index (χ0) is 18.7. The SMILES string of the molecule is C=CCN1CC[C@@]2(CCC1=O)CN(Cc1cc(F)cc(F)c1)CCN2C. The van der Waals surface area contributed by atoms with Gasteiger partial charge in [0, 0.05) is 57.3 Å². The Morgan fingerprint density at radius 1 is 1.15 bits per heavy atom. The Kier molecular flexibility index (Phi) is 5.73. The molecule has 142 valence electrons. The molecule has 2 aliphatic rings. The highest BCUT2D eigenvalue weighted by Gasteiger charge is 2.42. The molecule has 0 aromatic heterocycles. The lowest BCUT2D eigenvalue weighted by Gasteiger charge is -2.49. The van der Waals surface area contributed by atoms with Gasteiger partial charge in [-0.3, -0.25) is 14.6 Å². The number of likely N-dealkylation sites (N-methyl/N-ethyl adjacent to an activating group) is 1. The van der Waals surface area contributed by atoms with Crippen LogP contribution in [-0.4, -0.2) is 65.9 Å². The van der Waals surface area contributed by atoms with E-state index in [2.05, 4.69) is 23.4 Å². The second kappa shape index (κ2) is 7.84. The van der Waals surface area contributed by atoms with Crippen molar-refractivity contribution in [2.45, 2.75) is 31.3 Å². The van der Waals surface area contributed by atoms with Gasteiger partial charge in [-0.05, 0) is 37.6 Å². The smallest absolute Gasteiger partial charge is 0.222 e. The maximum absolute atomic E-state index is 13.5. The Morgan fingerprint density at radius 3 is 2.58 bits per heavy atom. The van der Waals surface area contributed by atoms with Crippen molar-refractivity contribution in [3.63, 3.8) is 0 Å². The third kappa shape index (κ3) is 4.13. The van der Waals surface area contributed by atoms with Gasteiger partial charge in [-0.2, -0.15) is 0 Å². The first kappa shape index (κ1) is 19.0. The highest BCUT2D eigenvalue weighted by Crippen LogP contribution is 2.32. The van der Waals surface area contributed by atoms with E-state index in [1.165, 1.54) is 12.1 Å². The van der Waals surface area contributed by atoms with E-state index in [9.17, 15) is 13.6 Å². The largest absolute Gasteiger partial charge is 0.339 e. The predicted octanol–water partition coefficient (Wildman–Crippen LogP) is 2.65. The van der Waals surface area contributed by atoms with Crippen LogP contribution in [0.1, 0.15) is 24.8 Å². The van der Waals surface area contributed by atoms with Crippen molar-refractivity contribution in [1.82, 2.24) is 14.7 Å². The summed E-state index contributed by atoms with van der Waals surface area (Å²) < 4.78 is 27.0. The van der Waals surface area contributed by atoms with Crippen LogP contribution in [-0.2, 0) is 11.3 Å². The van der Waals surface area contributed by atoms with Gasteiger partial charge >= 0.3 is 0 Å². The zero-order valence-corrected chi connectivity index (χ0v) is 15.4. The molecule has 0 saturated carbocycles. The van der Waals surface area contributed by atoms with E-state index >= 15 is 0 Å². The molecule has 0 N–H and O–H groups in total. The van der Waals surface area contributed by atoms with E-state index in [0.717, 1.165) is 45.1 Å². The molecule has 26 heavy (non-hydrogen) atoms. The molecule has 1 amide bonds. The first-order chi connectivity index (χ1) is 12.4. The zero-order valence-electron chi connectivity index (χ0n) is 15.4. The van der Waals surface area contributed by atoms with Crippen molar-refractivity contribution < 1.29 is 13.6 Å². The van der Waals surface area contributed by atoms with Crippen molar-refractivity contribution >= 4 is 5.91 Å². The van der Waals surface area contributed by atoms with Gasteiger partial charge in [0.2, 0.25) is 5.91 Å². The lowest BCUT2D eigenvalue weighted by atomic mass is 9.86. The quantitative estimate of drug-likeness (QED) is 0.770. The maximum atomic E-state index is 13.5. The van der Waals surface area contributed by atoms with Crippen molar-refractivity contribution in [3.8, 4) is 0 Å². The van der Waals surface area contributed by atoms with E-state index in [1.54, 1.807) is 6.08 Å². The average molecular weight is 363 g/mol. The fourth-order valence-corrected chi connectivity index (χ4v) is 4.22. The lowest BCUT2D eigenvalue weighted by Crippen LogP contribution is -2.60. The first-order valence-corrected chi connectivity index (χ1v) is 9.19. The second-order valence-corrected chi connectivity index (χ2v) is 7.51. The van der Waals surface area contributed by atoms with Crippen LogP contribution >= 0.6 is 0 Å². The molecule has 0 aliphatic carbocycles. The van der Waals surface area contributed by atoms with Gasteiger partial charge < -0.3 is 4.90 Å². The van der Waals surface area contributed by atoms with Gasteiger partial charge in [0.1, 0.15) is 11.6 Å². The van der Waals surface area contributed by atoms with Crippen LogP contribution in [0.2, 0.25) is 0 Å². The molecule has 2 heterocycles. The van der Waals surface area contributed by atoms with Crippen LogP contribution in [0.25, 0.3) is 0 Å². The van der Waals surface area contributed by atoms with E-state index in [4.69, 9.17) is 0 Å². The lowest BCUT2D eigenvalue weighted by molar-refractivity contribution is -0.130. The third-order valence-corrected chi connectivity index (χ3v) is 5.76. The van der Waals surface area contributed by atoms with Gasteiger partial charge in [-0.1, -0.05) is 6.08 Å². The number of hydrogen-bond acceptors (Lipinski definition) is 3. The molecule has 6 heteroatoms. The summed E-state index contributed by atoms with van der Waals surface area (Å²) in [7, 11) is 2.12. The molecular formula is C20H27F2N3O. The number of likely N-dealkylation sites (tertiary alicyclic amines) is 1. The minimum absolute atomic E-state index is 0.0737. The molecule has 4 nitrogen and oxygen atoms in total. The summed E-state index contributed by atoms with van der Waals surface area (Å²) in [6.45, 7) is 8.10. The minimum Gasteiger partial charge on any atom is -0.339 e. The van der Waals surface area contributed by atoms with Crippen molar-refractivity contribution in [1.29, 1.82) is 0 Å². The summed E-state index contributed by atoms with van der Waals surface area (Å²) in [6.07, 6.45) is 4.01. The van der Waals surface area contributed by atoms with Crippen LogP contribution in [0.5, 0.6) is 0 Å². The molecule has 2 saturated heterocycles.